The first-order valence-corrected chi connectivity index (χ1v) is 11.2. The molecule has 1 N–H and O–H groups in total. The largest absolute Gasteiger partial charge is 0.371 e. The molecule has 2 heterocycles. The zero-order valence-electron chi connectivity index (χ0n) is 18.2. The van der Waals surface area contributed by atoms with Gasteiger partial charge in [0.2, 0.25) is 0 Å². The van der Waals surface area contributed by atoms with Crippen LogP contribution in [0, 0.1) is 0 Å². The van der Waals surface area contributed by atoms with Gasteiger partial charge in [-0.05, 0) is 29.3 Å². The molecule has 0 unspecified atom stereocenters. The predicted molar refractivity (Wildman–Crippen MR) is 132 cm³/mol. The summed E-state index contributed by atoms with van der Waals surface area (Å²) in [7, 11) is 1.98. The number of aromatic amines is 1. The number of rotatable bonds is 6. The van der Waals surface area contributed by atoms with Crippen LogP contribution in [-0.2, 0) is 4.74 Å². The van der Waals surface area contributed by atoms with Gasteiger partial charge < -0.3 is 9.64 Å². The molecule has 3 aromatic carbocycles. The van der Waals surface area contributed by atoms with E-state index < -0.39 is 0 Å². The van der Waals surface area contributed by atoms with Crippen molar-refractivity contribution in [1.82, 2.24) is 14.7 Å². The summed E-state index contributed by atoms with van der Waals surface area (Å²) in [4.78, 5) is 15.5. The number of aromatic nitrogens is 2. The molecule has 1 aliphatic heterocycles. The van der Waals surface area contributed by atoms with E-state index in [1.807, 2.05) is 67.7 Å². The topological polar surface area (TPSA) is 50.3 Å². The summed E-state index contributed by atoms with van der Waals surface area (Å²) in [5, 5.41) is 5.13. The molecular weight excluding hydrogens is 434 g/mol. The minimum Gasteiger partial charge on any atom is -0.371 e. The summed E-state index contributed by atoms with van der Waals surface area (Å²) >= 11 is 6.37. The molecule has 0 bridgehead atoms. The Balaban J connectivity index is 1.57. The number of nitrogens with one attached hydrogen (secondary N) is 1. The second-order valence-corrected chi connectivity index (χ2v) is 8.44. The number of hydrogen-bond acceptors (Lipinski definition) is 3. The van der Waals surface area contributed by atoms with E-state index >= 15 is 0 Å². The number of ether oxygens (including phenoxy) is 1. The molecule has 0 fully saturated rings. The van der Waals surface area contributed by atoms with Gasteiger partial charge in [-0.25, -0.2) is 4.68 Å². The molecule has 1 aliphatic rings. The van der Waals surface area contributed by atoms with Crippen LogP contribution in [0.4, 0.5) is 0 Å². The van der Waals surface area contributed by atoms with Gasteiger partial charge in [-0.3, -0.25) is 9.89 Å². The molecule has 0 spiro atoms. The second kappa shape index (κ2) is 9.14. The van der Waals surface area contributed by atoms with Gasteiger partial charge in [0.15, 0.2) is 0 Å². The molecule has 33 heavy (non-hydrogen) atoms. The molecule has 0 saturated carbocycles. The highest BCUT2D eigenvalue weighted by Gasteiger charge is 2.21. The zero-order valence-corrected chi connectivity index (χ0v) is 19.0. The molecule has 0 saturated heterocycles. The molecule has 0 atom stereocenters. The van der Waals surface area contributed by atoms with E-state index in [0.29, 0.717) is 29.1 Å². The van der Waals surface area contributed by atoms with Crippen LogP contribution in [0.1, 0.15) is 17.2 Å². The zero-order chi connectivity index (χ0) is 22.8. The molecule has 0 amide bonds. The lowest BCUT2D eigenvalue weighted by Crippen LogP contribution is -2.45. The standard InChI is InChI=1S/C27H24ClN3O2/c1-30-17-16-22-25(27(32)31(29-22)23-15-9-8-14-21(23)28)24(30)18-33-26(19-10-4-2-5-11-19)20-12-6-3-7-13-20/h2-16,26,29H,17-18H2,1H3. The van der Waals surface area contributed by atoms with Gasteiger partial charge in [0.1, 0.15) is 6.10 Å². The summed E-state index contributed by atoms with van der Waals surface area (Å²) in [5.41, 5.74) is 3.46. The highest BCUT2D eigenvalue weighted by Crippen LogP contribution is 2.26. The lowest BCUT2D eigenvalue weighted by molar-refractivity contribution is 0.100. The van der Waals surface area contributed by atoms with Crippen molar-refractivity contribution in [3.8, 4) is 5.69 Å². The van der Waals surface area contributed by atoms with Crippen molar-refractivity contribution in [1.29, 1.82) is 0 Å². The fourth-order valence-corrected chi connectivity index (χ4v) is 4.42. The summed E-state index contributed by atoms with van der Waals surface area (Å²) in [6.45, 7) is 0.969. The Morgan fingerprint density at radius 3 is 2.18 bits per heavy atom. The van der Waals surface area contributed by atoms with Crippen molar-refractivity contribution in [3.05, 3.63) is 122 Å². The first kappa shape index (κ1) is 21.3. The highest BCUT2D eigenvalue weighted by molar-refractivity contribution is 6.32. The SMILES string of the molecule is CN1CC=c2[nH]n(-c3ccccc3Cl)c(=O)c2=C1COC(c1ccccc1)c1ccccc1. The monoisotopic (exact) mass is 457 g/mol. The van der Waals surface area contributed by atoms with Gasteiger partial charge in [0.05, 0.1) is 33.6 Å². The van der Waals surface area contributed by atoms with Crippen LogP contribution in [0.25, 0.3) is 17.5 Å². The average molecular weight is 458 g/mol. The maximum absolute atomic E-state index is 13.5. The lowest BCUT2D eigenvalue weighted by atomic mass is 10.0. The molecule has 1 aromatic heterocycles. The Morgan fingerprint density at radius 1 is 0.939 bits per heavy atom. The van der Waals surface area contributed by atoms with Crippen molar-refractivity contribution >= 4 is 23.4 Å². The maximum Gasteiger partial charge on any atom is 0.281 e. The van der Waals surface area contributed by atoms with Crippen molar-refractivity contribution in [2.75, 3.05) is 20.2 Å². The molecule has 0 radical (unpaired) electrons. The number of para-hydroxylation sites is 1. The van der Waals surface area contributed by atoms with E-state index in [-0.39, 0.29) is 11.7 Å². The highest BCUT2D eigenvalue weighted by atomic mass is 35.5. The van der Waals surface area contributed by atoms with E-state index in [4.69, 9.17) is 16.3 Å². The third kappa shape index (κ3) is 4.13. The molecule has 6 heteroatoms. The number of H-pyrrole nitrogens is 1. The Kier molecular flexibility index (Phi) is 5.90. The van der Waals surface area contributed by atoms with Crippen molar-refractivity contribution in [3.63, 3.8) is 0 Å². The fraction of sp³-hybridized carbons (Fsp3) is 0.148. The minimum absolute atomic E-state index is 0.143. The van der Waals surface area contributed by atoms with E-state index in [0.717, 1.165) is 22.2 Å². The van der Waals surface area contributed by atoms with E-state index in [9.17, 15) is 4.79 Å². The van der Waals surface area contributed by atoms with Gasteiger partial charge in [0.25, 0.3) is 5.56 Å². The molecule has 166 valence electrons. The van der Waals surface area contributed by atoms with Gasteiger partial charge in [-0.15, -0.1) is 0 Å². The van der Waals surface area contributed by atoms with Crippen molar-refractivity contribution < 1.29 is 4.74 Å². The third-order valence-corrected chi connectivity index (χ3v) is 6.24. The number of hydrogen-bond donors (Lipinski definition) is 1. The first-order chi connectivity index (χ1) is 16.1. The van der Waals surface area contributed by atoms with E-state index in [1.54, 1.807) is 6.07 Å². The van der Waals surface area contributed by atoms with Gasteiger partial charge in [0, 0.05) is 13.6 Å². The Hall–Kier alpha value is -3.54. The quantitative estimate of drug-likeness (QED) is 0.482. The molecule has 0 aliphatic carbocycles. The Labute approximate surface area is 196 Å². The smallest absolute Gasteiger partial charge is 0.281 e. The minimum atomic E-state index is -0.243. The average Bonchev–Trinajstić information content (AvgIpc) is 3.18. The number of benzene rings is 3. The van der Waals surface area contributed by atoms with Gasteiger partial charge >= 0.3 is 0 Å². The summed E-state index contributed by atoms with van der Waals surface area (Å²) in [6.07, 6.45) is 1.77. The van der Waals surface area contributed by atoms with Gasteiger partial charge in [-0.1, -0.05) is 84.4 Å². The Bertz CT molecular complexity index is 1400. The summed E-state index contributed by atoms with van der Waals surface area (Å²) < 4.78 is 8.00. The Morgan fingerprint density at radius 2 is 1.55 bits per heavy atom. The van der Waals surface area contributed by atoms with Crippen LogP contribution < -0.4 is 16.1 Å². The second-order valence-electron chi connectivity index (χ2n) is 8.04. The normalized spacial score (nSPS) is 13.2. The van der Waals surface area contributed by atoms with Crippen LogP contribution in [0.3, 0.4) is 0 Å². The summed E-state index contributed by atoms with van der Waals surface area (Å²) in [5.74, 6) is 0. The maximum atomic E-state index is 13.5. The number of fused-ring (bicyclic) bond motifs is 1. The van der Waals surface area contributed by atoms with Crippen LogP contribution in [0.2, 0.25) is 5.02 Å². The number of nitrogens with zero attached hydrogens (tertiary/aromatic N) is 2. The number of halogens is 1. The third-order valence-electron chi connectivity index (χ3n) is 5.92. The number of likely N-dealkylation sites (N-methyl/N-ethyl adjacent to an activating group) is 1. The summed E-state index contributed by atoms with van der Waals surface area (Å²) in [6, 6.07) is 27.6. The van der Waals surface area contributed by atoms with Crippen molar-refractivity contribution in [2.24, 2.45) is 0 Å². The first-order valence-electron chi connectivity index (χ1n) is 10.9. The van der Waals surface area contributed by atoms with Crippen LogP contribution >= 0.6 is 11.6 Å². The van der Waals surface area contributed by atoms with E-state index in [1.165, 1.54) is 4.68 Å². The fourth-order valence-electron chi connectivity index (χ4n) is 4.20. The van der Waals surface area contributed by atoms with Crippen LogP contribution in [0.15, 0.2) is 89.7 Å². The molecular formula is C27H24ClN3O2. The van der Waals surface area contributed by atoms with Gasteiger partial charge in [-0.2, -0.15) is 0 Å². The molecule has 5 nitrogen and oxygen atoms in total. The van der Waals surface area contributed by atoms with Crippen LogP contribution in [-0.4, -0.2) is 34.9 Å². The molecule has 5 rings (SSSR count). The molecule has 4 aromatic rings. The van der Waals surface area contributed by atoms with Crippen LogP contribution in [0.5, 0.6) is 0 Å². The van der Waals surface area contributed by atoms with E-state index in [2.05, 4.69) is 34.3 Å². The van der Waals surface area contributed by atoms with Crippen molar-refractivity contribution in [2.45, 2.75) is 6.10 Å². The lowest BCUT2D eigenvalue weighted by Gasteiger charge is -2.26. The predicted octanol–water partition coefficient (Wildman–Crippen LogP) is 3.46.